The summed E-state index contributed by atoms with van der Waals surface area (Å²) in [5.41, 5.74) is 10.0. The summed E-state index contributed by atoms with van der Waals surface area (Å²) in [6.45, 7) is 9.44. The molecule has 5 heteroatoms. The molecule has 0 aliphatic rings. The summed E-state index contributed by atoms with van der Waals surface area (Å²) < 4.78 is 2.17. The lowest BCUT2D eigenvalue weighted by molar-refractivity contribution is 0.793. The Morgan fingerprint density at radius 2 is 1.86 bits per heavy atom. The van der Waals surface area contributed by atoms with Crippen LogP contribution in [0.4, 0.5) is 5.69 Å². The summed E-state index contributed by atoms with van der Waals surface area (Å²) in [5.74, 6) is 0.513. The van der Waals surface area contributed by atoms with E-state index >= 15 is 0 Å². The molecule has 2 N–H and O–H groups in total. The Balaban J connectivity index is 1.59. The van der Waals surface area contributed by atoms with Crippen LogP contribution in [0.3, 0.4) is 0 Å². The normalized spacial score (nSPS) is 11.2. The van der Waals surface area contributed by atoms with Gasteiger partial charge in [0.25, 0.3) is 0 Å². The first-order chi connectivity index (χ1) is 13.9. The van der Waals surface area contributed by atoms with Crippen LogP contribution in [0.15, 0.2) is 65.9 Å². The zero-order chi connectivity index (χ0) is 20.8. The van der Waals surface area contributed by atoms with Crippen LogP contribution >= 0.6 is 12.2 Å². The number of nitrogens with zero attached hydrogens (tertiary/aromatic N) is 2. The minimum atomic E-state index is 0.464. The van der Waals surface area contributed by atoms with E-state index in [1.165, 1.54) is 22.3 Å². The molecule has 0 saturated carbocycles. The van der Waals surface area contributed by atoms with Crippen molar-refractivity contribution in [2.75, 3.05) is 5.32 Å². The van der Waals surface area contributed by atoms with Gasteiger partial charge >= 0.3 is 0 Å². The maximum atomic E-state index is 5.34. The van der Waals surface area contributed by atoms with E-state index in [0.717, 1.165) is 17.9 Å². The molecule has 3 rings (SSSR count). The molecule has 0 amide bonds. The fourth-order valence-electron chi connectivity index (χ4n) is 3.11. The van der Waals surface area contributed by atoms with E-state index in [2.05, 4.69) is 84.6 Å². The maximum absolute atomic E-state index is 5.34. The summed E-state index contributed by atoms with van der Waals surface area (Å²) in [5, 5.41) is 7.92. The zero-order valence-corrected chi connectivity index (χ0v) is 18.3. The molecular formula is C24H28N4S. The van der Waals surface area contributed by atoms with Gasteiger partial charge in [-0.05, 0) is 72.9 Å². The lowest BCUT2D eigenvalue weighted by Crippen LogP contribution is -2.24. The van der Waals surface area contributed by atoms with Crippen LogP contribution in [0.2, 0.25) is 0 Å². The fraction of sp³-hybridized carbons (Fsp3) is 0.250. The van der Waals surface area contributed by atoms with Gasteiger partial charge in [-0.1, -0.05) is 49.7 Å². The molecule has 150 valence electrons. The van der Waals surface area contributed by atoms with Crippen molar-refractivity contribution in [2.45, 2.75) is 40.2 Å². The molecule has 2 aromatic carbocycles. The van der Waals surface area contributed by atoms with Gasteiger partial charge in [0.05, 0.1) is 11.9 Å². The van der Waals surface area contributed by atoms with Crippen molar-refractivity contribution in [1.82, 2.24) is 9.99 Å². The van der Waals surface area contributed by atoms with Crippen molar-refractivity contribution in [2.24, 2.45) is 5.10 Å². The van der Waals surface area contributed by atoms with E-state index in [1.807, 2.05) is 24.3 Å². The molecule has 3 aromatic rings. The average Bonchev–Trinajstić information content (AvgIpc) is 3.12. The number of nitrogens with one attached hydrogen (secondary N) is 2. The van der Waals surface area contributed by atoms with Gasteiger partial charge in [0.15, 0.2) is 5.11 Å². The van der Waals surface area contributed by atoms with Crippen LogP contribution in [0.25, 0.3) is 0 Å². The van der Waals surface area contributed by atoms with E-state index in [4.69, 9.17) is 12.2 Å². The Bertz CT molecular complexity index is 1000. The molecule has 0 unspecified atom stereocenters. The standard InChI is InChI=1S/C24H28N4S/c1-17(2)20-9-11-22(12-10-20)26-24(29)27-25-15-23-6-5-13-28(23)16-21-14-18(3)7-8-19(21)4/h5-15,17H,16H2,1-4H3,(H2,26,27,29)/b25-15-. The number of rotatable bonds is 6. The number of thiocarbonyl (C=S) groups is 1. The molecule has 1 aromatic heterocycles. The van der Waals surface area contributed by atoms with E-state index in [1.54, 1.807) is 6.21 Å². The van der Waals surface area contributed by atoms with Crippen LogP contribution in [-0.2, 0) is 6.54 Å². The third-order valence-electron chi connectivity index (χ3n) is 4.91. The van der Waals surface area contributed by atoms with Crippen molar-refractivity contribution < 1.29 is 0 Å². The Hall–Kier alpha value is -2.92. The van der Waals surface area contributed by atoms with E-state index in [-0.39, 0.29) is 0 Å². The quantitative estimate of drug-likeness (QED) is 0.319. The molecule has 1 heterocycles. The Morgan fingerprint density at radius 1 is 1.10 bits per heavy atom. The molecule has 0 spiro atoms. The van der Waals surface area contributed by atoms with Gasteiger partial charge in [-0.3, -0.25) is 5.43 Å². The van der Waals surface area contributed by atoms with Crippen LogP contribution in [0.1, 0.15) is 47.7 Å². The maximum Gasteiger partial charge on any atom is 0.191 e. The monoisotopic (exact) mass is 404 g/mol. The van der Waals surface area contributed by atoms with Gasteiger partial charge in [0.1, 0.15) is 0 Å². The second-order valence-corrected chi connectivity index (χ2v) is 8.00. The first-order valence-corrected chi connectivity index (χ1v) is 10.2. The van der Waals surface area contributed by atoms with Crippen molar-refractivity contribution in [1.29, 1.82) is 0 Å². The molecule has 0 saturated heterocycles. The summed E-state index contributed by atoms with van der Waals surface area (Å²) >= 11 is 5.34. The molecule has 0 aliphatic carbocycles. The number of aryl methyl sites for hydroxylation is 2. The van der Waals surface area contributed by atoms with E-state index in [9.17, 15) is 0 Å². The molecular weight excluding hydrogens is 376 g/mol. The van der Waals surface area contributed by atoms with Crippen LogP contribution in [0.5, 0.6) is 0 Å². The molecule has 0 bridgehead atoms. The molecule has 0 atom stereocenters. The molecule has 29 heavy (non-hydrogen) atoms. The van der Waals surface area contributed by atoms with Crippen molar-refractivity contribution in [3.63, 3.8) is 0 Å². The molecule has 0 radical (unpaired) electrons. The van der Waals surface area contributed by atoms with Crippen LogP contribution in [0, 0.1) is 13.8 Å². The number of anilines is 1. The highest BCUT2D eigenvalue weighted by atomic mass is 32.1. The summed E-state index contributed by atoms with van der Waals surface area (Å²) in [6, 6.07) is 18.9. The topological polar surface area (TPSA) is 41.4 Å². The predicted molar refractivity (Wildman–Crippen MR) is 127 cm³/mol. The first kappa shape index (κ1) is 20.8. The predicted octanol–water partition coefficient (Wildman–Crippen LogP) is 5.60. The highest BCUT2D eigenvalue weighted by Gasteiger charge is 2.04. The number of hydrogen-bond acceptors (Lipinski definition) is 2. The number of hydrazone groups is 1. The Labute approximate surface area is 178 Å². The Kier molecular flexibility index (Phi) is 6.83. The number of aromatic nitrogens is 1. The van der Waals surface area contributed by atoms with Crippen molar-refractivity contribution in [3.05, 3.63) is 88.7 Å². The average molecular weight is 405 g/mol. The summed E-state index contributed by atoms with van der Waals surface area (Å²) in [6.07, 6.45) is 3.86. The summed E-state index contributed by atoms with van der Waals surface area (Å²) in [4.78, 5) is 0. The van der Waals surface area contributed by atoms with Crippen LogP contribution in [-0.4, -0.2) is 15.9 Å². The third-order valence-corrected chi connectivity index (χ3v) is 5.10. The molecule has 0 aliphatic heterocycles. The third kappa shape index (κ3) is 5.78. The zero-order valence-electron chi connectivity index (χ0n) is 17.4. The fourth-order valence-corrected chi connectivity index (χ4v) is 3.28. The highest BCUT2D eigenvalue weighted by molar-refractivity contribution is 7.80. The lowest BCUT2D eigenvalue weighted by atomic mass is 10.0. The van der Waals surface area contributed by atoms with Gasteiger partial charge < -0.3 is 9.88 Å². The first-order valence-electron chi connectivity index (χ1n) is 9.83. The number of hydrogen-bond donors (Lipinski definition) is 2. The van der Waals surface area contributed by atoms with E-state index in [0.29, 0.717) is 11.0 Å². The van der Waals surface area contributed by atoms with Gasteiger partial charge in [-0.25, -0.2) is 0 Å². The second kappa shape index (κ2) is 9.52. The van der Waals surface area contributed by atoms with Gasteiger partial charge in [0.2, 0.25) is 0 Å². The van der Waals surface area contributed by atoms with Crippen LogP contribution < -0.4 is 10.7 Å². The van der Waals surface area contributed by atoms with Gasteiger partial charge in [0, 0.05) is 18.4 Å². The SMILES string of the molecule is Cc1ccc(C)c(Cn2cccc2/C=N\NC(=S)Nc2ccc(C(C)C)cc2)c1. The smallest absolute Gasteiger partial charge is 0.191 e. The lowest BCUT2D eigenvalue weighted by Gasteiger charge is -2.11. The minimum absolute atomic E-state index is 0.464. The molecule has 0 fully saturated rings. The number of benzene rings is 2. The molecule has 4 nitrogen and oxygen atoms in total. The highest BCUT2D eigenvalue weighted by Crippen LogP contribution is 2.17. The van der Waals surface area contributed by atoms with Gasteiger partial charge in [-0.15, -0.1) is 0 Å². The van der Waals surface area contributed by atoms with Gasteiger partial charge in [-0.2, -0.15) is 5.10 Å². The largest absolute Gasteiger partial charge is 0.342 e. The van der Waals surface area contributed by atoms with Crippen molar-refractivity contribution >= 4 is 29.2 Å². The van der Waals surface area contributed by atoms with E-state index < -0.39 is 0 Å². The minimum Gasteiger partial charge on any atom is -0.342 e. The Morgan fingerprint density at radius 3 is 2.59 bits per heavy atom. The van der Waals surface area contributed by atoms with Crippen molar-refractivity contribution in [3.8, 4) is 0 Å². The second-order valence-electron chi connectivity index (χ2n) is 7.59. The summed E-state index contributed by atoms with van der Waals surface area (Å²) in [7, 11) is 0.